The molecule has 0 bridgehead atoms. The minimum atomic E-state index is -3.76. The molecule has 2 aromatic rings. The third kappa shape index (κ3) is 4.01. The van der Waals surface area contributed by atoms with E-state index in [4.69, 9.17) is 23.2 Å². The minimum absolute atomic E-state index is 0.115. The van der Waals surface area contributed by atoms with Crippen LogP contribution in [0.25, 0.3) is 0 Å². The Morgan fingerprint density at radius 3 is 2.21 bits per heavy atom. The van der Waals surface area contributed by atoms with Gasteiger partial charge in [0.05, 0.1) is 20.6 Å². The quantitative estimate of drug-likeness (QED) is 0.838. The molecule has 8 heteroatoms. The fourth-order valence-electron chi connectivity index (χ4n) is 2.17. The number of benzene rings is 2. The maximum atomic E-state index is 12.9. The maximum absolute atomic E-state index is 12.9. The highest BCUT2D eigenvalue weighted by Gasteiger charge is 2.24. The van der Waals surface area contributed by atoms with Crippen LogP contribution in [0.3, 0.4) is 0 Å². The van der Waals surface area contributed by atoms with E-state index in [-0.39, 0.29) is 22.4 Å². The molecule has 0 aliphatic carbocycles. The van der Waals surface area contributed by atoms with Gasteiger partial charge in [-0.15, -0.1) is 0 Å². The Balaban J connectivity index is 2.39. The van der Waals surface area contributed by atoms with Gasteiger partial charge in [-0.3, -0.25) is 9.10 Å². The van der Waals surface area contributed by atoms with Crippen LogP contribution in [-0.4, -0.2) is 20.9 Å². The van der Waals surface area contributed by atoms with Crippen LogP contribution in [0.15, 0.2) is 47.4 Å². The lowest BCUT2D eigenvalue weighted by Gasteiger charge is -2.23. The normalized spacial score (nSPS) is 11.2. The van der Waals surface area contributed by atoms with Gasteiger partial charge in [0, 0.05) is 19.2 Å². The van der Waals surface area contributed by atoms with Gasteiger partial charge >= 0.3 is 0 Å². The number of sulfonamides is 1. The first kappa shape index (κ1) is 18.6. The van der Waals surface area contributed by atoms with Gasteiger partial charge in [-0.05, 0) is 49.4 Å². The third-order valence-corrected chi connectivity index (χ3v) is 5.90. The summed E-state index contributed by atoms with van der Waals surface area (Å²) in [5.41, 5.74) is 0.955. The molecule has 2 rings (SSSR count). The number of carbonyl (C=O) groups is 1. The van der Waals surface area contributed by atoms with Gasteiger partial charge in [-0.2, -0.15) is 0 Å². The van der Waals surface area contributed by atoms with E-state index in [1.54, 1.807) is 19.1 Å². The van der Waals surface area contributed by atoms with Crippen LogP contribution in [-0.2, 0) is 14.8 Å². The highest BCUT2D eigenvalue weighted by atomic mass is 35.5. The van der Waals surface area contributed by atoms with Crippen LogP contribution >= 0.6 is 23.2 Å². The van der Waals surface area contributed by atoms with E-state index in [2.05, 4.69) is 5.32 Å². The van der Waals surface area contributed by atoms with Crippen molar-refractivity contribution in [2.45, 2.75) is 18.7 Å². The predicted octanol–water partition coefficient (Wildman–Crippen LogP) is 4.17. The van der Waals surface area contributed by atoms with E-state index in [1.165, 1.54) is 41.6 Å². The number of carbonyl (C=O) groups excluding carboxylic acids is 1. The summed E-state index contributed by atoms with van der Waals surface area (Å²) in [5, 5.41) is 3.23. The zero-order chi connectivity index (χ0) is 17.9. The van der Waals surface area contributed by atoms with Crippen molar-refractivity contribution in [1.29, 1.82) is 0 Å². The first-order chi connectivity index (χ1) is 11.3. The molecule has 0 saturated heterocycles. The Kier molecular flexibility index (Phi) is 5.74. The lowest BCUT2D eigenvalue weighted by Crippen LogP contribution is -2.30. The van der Waals surface area contributed by atoms with Crippen LogP contribution in [0.5, 0.6) is 0 Å². The van der Waals surface area contributed by atoms with Crippen LogP contribution < -0.4 is 9.62 Å². The second-order valence-corrected chi connectivity index (χ2v) is 7.65. The van der Waals surface area contributed by atoms with E-state index in [0.717, 1.165) is 0 Å². The molecule has 0 aliphatic rings. The Labute approximate surface area is 151 Å². The smallest absolute Gasteiger partial charge is 0.264 e. The van der Waals surface area contributed by atoms with Gasteiger partial charge < -0.3 is 5.32 Å². The van der Waals surface area contributed by atoms with E-state index in [1.807, 2.05) is 0 Å². The number of rotatable bonds is 5. The Morgan fingerprint density at radius 1 is 1.08 bits per heavy atom. The maximum Gasteiger partial charge on any atom is 0.264 e. The molecule has 0 saturated carbocycles. The van der Waals surface area contributed by atoms with Gasteiger partial charge in [0.25, 0.3) is 10.0 Å². The molecule has 0 heterocycles. The Hall–Kier alpha value is -1.76. The molecule has 5 nitrogen and oxygen atoms in total. The fraction of sp³-hybridized carbons (Fsp3) is 0.188. The lowest BCUT2D eigenvalue weighted by atomic mass is 10.3. The van der Waals surface area contributed by atoms with Gasteiger partial charge in [-0.1, -0.05) is 23.2 Å². The molecule has 0 fully saturated rings. The first-order valence-electron chi connectivity index (χ1n) is 7.11. The average molecular weight is 387 g/mol. The topological polar surface area (TPSA) is 66.5 Å². The summed E-state index contributed by atoms with van der Waals surface area (Å²) in [7, 11) is -3.76. The Bertz CT molecular complexity index is 852. The molecular weight excluding hydrogens is 371 g/mol. The number of nitrogens with zero attached hydrogens (tertiary/aromatic N) is 1. The summed E-state index contributed by atoms with van der Waals surface area (Å²) in [5.74, 6) is -0.225. The summed E-state index contributed by atoms with van der Waals surface area (Å²) in [6, 6.07) is 10.6. The highest BCUT2D eigenvalue weighted by molar-refractivity contribution is 7.92. The second kappa shape index (κ2) is 7.42. The molecule has 0 atom stereocenters. The predicted molar refractivity (Wildman–Crippen MR) is 97.4 cm³/mol. The van der Waals surface area contributed by atoms with E-state index in [9.17, 15) is 13.2 Å². The van der Waals surface area contributed by atoms with E-state index in [0.29, 0.717) is 16.4 Å². The van der Waals surface area contributed by atoms with Crippen LogP contribution in [0.2, 0.25) is 10.0 Å². The summed E-state index contributed by atoms with van der Waals surface area (Å²) < 4.78 is 27.0. The summed E-state index contributed by atoms with van der Waals surface area (Å²) in [4.78, 5) is 11.1. The number of halogens is 2. The van der Waals surface area contributed by atoms with E-state index < -0.39 is 10.0 Å². The molecule has 1 amide bonds. The molecule has 128 valence electrons. The standard InChI is InChI=1S/C16H16Cl2N2O3S/c1-3-20(13-6-9-15(17)16(18)10-13)24(22,23)14-7-4-12(5-8-14)19-11(2)21/h4-10H,3H2,1-2H3,(H,19,21). The SMILES string of the molecule is CCN(c1ccc(Cl)c(Cl)c1)S(=O)(=O)c1ccc(NC(C)=O)cc1. The van der Waals surface area contributed by atoms with Crippen molar-refractivity contribution in [3.63, 3.8) is 0 Å². The van der Waals surface area contributed by atoms with Crippen molar-refractivity contribution >= 4 is 50.5 Å². The van der Waals surface area contributed by atoms with E-state index >= 15 is 0 Å². The van der Waals surface area contributed by atoms with Gasteiger partial charge in [-0.25, -0.2) is 8.42 Å². The van der Waals surface area contributed by atoms with Crippen LogP contribution in [0, 0.1) is 0 Å². The molecule has 0 aromatic heterocycles. The van der Waals surface area contributed by atoms with Crippen LogP contribution in [0.1, 0.15) is 13.8 Å². The zero-order valence-electron chi connectivity index (χ0n) is 13.1. The van der Waals surface area contributed by atoms with Crippen molar-refractivity contribution in [1.82, 2.24) is 0 Å². The number of hydrogen-bond acceptors (Lipinski definition) is 3. The van der Waals surface area contributed by atoms with Crippen molar-refractivity contribution in [2.24, 2.45) is 0 Å². The summed E-state index contributed by atoms with van der Waals surface area (Å²) in [6.07, 6.45) is 0. The molecular formula is C16H16Cl2N2O3S. The molecule has 0 aliphatic heterocycles. The van der Waals surface area contributed by atoms with Gasteiger partial charge in [0.1, 0.15) is 0 Å². The lowest BCUT2D eigenvalue weighted by molar-refractivity contribution is -0.114. The third-order valence-electron chi connectivity index (χ3n) is 3.24. The summed E-state index contributed by atoms with van der Waals surface area (Å²) in [6.45, 7) is 3.34. The molecule has 1 N–H and O–H groups in total. The molecule has 0 spiro atoms. The van der Waals surface area contributed by atoms with Crippen molar-refractivity contribution < 1.29 is 13.2 Å². The fourth-order valence-corrected chi connectivity index (χ4v) is 3.93. The van der Waals surface area contributed by atoms with Crippen molar-refractivity contribution in [2.75, 3.05) is 16.2 Å². The minimum Gasteiger partial charge on any atom is -0.326 e. The molecule has 2 aromatic carbocycles. The molecule has 0 unspecified atom stereocenters. The summed E-state index contributed by atoms with van der Waals surface area (Å²) >= 11 is 11.9. The second-order valence-electron chi connectivity index (χ2n) is 4.97. The monoisotopic (exact) mass is 386 g/mol. The number of amides is 1. The highest BCUT2D eigenvalue weighted by Crippen LogP contribution is 2.30. The van der Waals surface area contributed by atoms with Gasteiger partial charge in [0.15, 0.2) is 0 Å². The Morgan fingerprint density at radius 2 is 1.71 bits per heavy atom. The molecule has 24 heavy (non-hydrogen) atoms. The first-order valence-corrected chi connectivity index (χ1v) is 9.30. The zero-order valence-corrected chi connectivity index (χ0v) is 15.4. The van der Waals surface area contributed by atoms with Gasteiger partial charge in [0.2, 0.25) is 5.91 Å². The van der Waals surface area contributed by atoms with Crippen molar-refractivity contribution in [3.8, 4) is 0 Å². The number of anilines is 2. The average Bonchev–Trinajstić information content (AvgIpc) is 2.51. The number of nitrogens with one attached hydrogen (secondary N) is 1. The number of hydrogen-bond donors (Lipinski definition) is 1. The molecule has 0 radical (unpaired) electrons. The largest absolute Gasteiger partial charge is 0.326 e. The van der Waals surface area contributed by atoms with Crippen LogP contribution in [0.4, 0.5) is 11.4 Å². The van der Waals surface area contributed by atoms with Crippen molar-refractivity contribution in [3.05, 3.63) is 52.5 Å².